The first-order valence-corrected chi connectivity index (χ1v) is 8.47. The Balaban J connectivity index is 0.000000180. The van der Waals surface area contributed by atoms with Gasteiger partial charge in [-0.3, -0.25) is 0 Å². The van der Waals surface area contributed by atoms with Gasteiger partial charge in [-0.2, -0.15) is 0 Å². The van der Waals surface area contributed by atoms with Crippen molar-refractivity contribution in [1.82, 2.24) is 0 Å². The minimum absolute atomic E-state index is 1.33. The molecule has 3 aromatic carbocycles. The summed E-state index contributed by atoms with van der Waals surface area (Å²) in [4.78, 5) is 0. The summed E-state index contributed by atoms with van der Waals surface area (Å²) in [6, 6.07) is 25.3. The van der Waals surface area contributed by atoms with Crippen LogP contribution in [0.5, 0.6) is 0 Å². The molecular formula is C24H30. The predicted molar refractivity (Wildman–Crippen MR) is 108 cm³/mol. The maximum absolute atomic E-state index is 2.17. The van der Waals surface area contributed by atoms with E-state index in [0.717, 1.165) is 0 Å². The summed E-state index contributed by atoms with van der Waals surface area (Å²) in [5, 5.41) is 0. The van der Waals surface area contributed by atoms with Crippen LogP contribution in [0.25, 0.3) is 0 Å². The van der Waals surface area contributed by atoms with Gasteiger partial charge in [0.2, 0.25) is 0 Å². The molecule has 3 rings (SSSR count). The smallest absolute Gasteiger partial charge is 0.0395 e. The summed E-state index contributed by atoms with van der Waals surface area (Å²) in [5.41, 5.74) is 8.07. The highest BCUT2D eigenvalue weighted by Gasteiger charge is 1.84. The number of rotatable bonds is 0. The largest absolute Gasteiger partial charge is 0.0620 e. The summed E-state index contributed by atoms with van der Waals surface area (Å²) in [5.74, 6) is 0. The lowest BCUT2D eigenvalue weighted by molar-refractivity contribution is 1.34. The fourth-order valence-corrected chi connectivity index (χ4v) is 2.11. The molecule has 0 heterocycles. The van der Waals surface area contributed by atoms with Gasteiger partial charge in [-0.15, -0.1) is 0 Å². The summed E-state index contributed by atoms with van der Waals surface area (Å²) in [6.07, 6.45) is 0. The van der Waals surface area contributed by atoms with Crippen molar-refractivity contribution in [2.24, 2.45) is 0 Å². The maximum atomic E-state index is 2.17. The van der Waals surface area contributed by atoms with Crippen LogP contribution in [0.3, 0.4) is 0 Å². The van der Waals surface area contributed by atoms with Crippen molar-refractivity contribution < 1.29 is 0 Å². The molecule has 0 N–H and O–H groups in total. The van der Waals surface area contributed by atoms with Crippen molar-refractivity contribution in [2.75, 3.05) is 0 Å². The van der Waals surface area contributed by atoms with E-state index >= 15 is 0 Å². The highest BCUT2D eigenvalue weighted by Crippen LogP contribution is 2.03. The molecule has 0 aliphatic rings. The molecule has 0 aromatic heterocycles. The lowest BCUT2D eigenvalue weighted by Crippen LogP contribution is -1.74. The van der Waals surface area contributed by atoms with E-state index in [9.17, 15) is 0 Å². The molecule has 0 aliphatic heterocycles. The second-order valence-corrected chi connectivity index (χ2v) is 6.40. The molecule has 0 unspecified atom stereocenters. The Morgan fingerprint density at radius 3 is 1.00 bits per heavy atom. The maximum Gasteiger partial charge on any atom is -0.0395 e. The van der Waals surface area contributed by atoms with Gasteiger partial charge in [0.05, 0.1) is 0 Å². The van der Waals surface area contributed by atoms with Crippen molar-refractivity contribution >= 4 is 0 Å². The van der Waals surface area contributed by atoms with Gasteiger partial charge in [-0.25, -0.2) is 0 Å². The molecular weight excluding hydrogens is 288 g/mol. The van der Waals surface area contributed by atoms with Gasteiger partial charge in [-0.05, 0) is 52.7 Å². The standard InChI is InChI=1S/3C8H10/c1-7-3-5-8(2)6-4-7;1-7-4-3-5-8(2)6-7;1-7-5-3-4-6-8(7)2/h3*3-6H,1-2H3. The van der Waals surface area contributed by atoms with Crippen molar-refractivity contribution in [2.45, 2.75) is 41.5 Å². The van der Waals surface area contributed by atoms with Crippen LogP contribution in [-0.4, -0.2) is 0 Å². The Bertz CT molecular complexity index is 662. The Labute approximate surface area is 148 Å². The third kappa shape index (κ3) is 8.33. The van der Waals surface area contributed by atoms with E-state index in [0.29, 0.717) is 0 Å². The van der Waals surface area contributed by atoms with Gasteiger partial charge in [0.15, 0.2) is 0 Å². The summed E-state index contributed by atoms with van der Waals surface area (Å²) in [7, 11) is 0. The average Bonchev–Trinajstić information content (AvgIpc) is 2.54. The summed E-state index contributed by atoms with van der Waals surface area (Å²) < 4.78 is 0. The SMILES string of the molecule is Cc1ccc(C)cc1.Cc1cccc(C)c1.Cc1ccccc1C. The molecule has 126 valence electrons. The lowest BCUT2D eigenvalue weighted by atomic mass is 10.1. The van der Waals surface area contributed by atoms with Gasteiger partial charge in [0, 0.05) is 0 Å². The number of benzene rings is 3. The molecule has 0 atom stereocenters. The van der Waals surface area contributed by atoms with E-state index in [1.807, 2.05) is 0 Å². The highest BCUT2D eigenvalue weighted by atomic mass is 13.9. The van der Waals surface area contributed by atoms with E-state index < -0.39 is 0 Å². The van der Waals surface area contributed by atoms with Gasteiger partial charge in [0.25, 0.3) is 0 Å². The first-order chi connectivity index (χ1) is 11.4. The minimum atomic E-state index is 1.33. The molecule has 0 radical (unpaired) electrons. The van der Waals surface area contributed by atoms with E-state index in [-0.39, 0.29) is 0 Å². The zero-order valence-corrected chi connectivity index (χ0v) is 15.9. The van der Waals surface area contributed by atoms with Crippen molar-refractivity contribution in [1.29, 1.82) is 0 Å². The zero-order valence-electron chi connectivity index (χ0n) is 15.9. The van der Waals surface area contributed by atoms with Crippen LogP contribution in [0, 0.1) is 41.5 Å². The molecule has 0 heteroatoms. The Morgan fingerprint density at radius 2 is 0.750 bits per heavy atom. The Morgan fingerprint density at radius 1 is 0.375 bits per heavy atom. The van der Waals surface area contributed by atoms with Crippen molar-refractivity contribution in [3.05, 3.63) is 106 Å². The molecule has 0 bridgehead atoms. The van der Waals surface area contributed by atoms with Crippen LogP contribution < -0.4 is 0 Å². The van der Waals surface area contributed by atoms with Crippen molar-refractivity contribution in [3.63, 3.8) is 0 Å². The normalized spacial score (nSPS) is 9.25. The van der Waals surface area contributed by atoms with E-state index in [1.165, 1.54) is 33.4 Å². The number of aryl methyl sites for hydroxylation is 6. The van der Waals surface area contributed by atoms with E-state index in [4.69, 9.17) is 0 Å². The van der Waals surface area contributed by atoms with E-state index in [2.05, 4.69) is 114 Å². The molecule has 0 saturated heterocycles. The third-order valence-electron chi connectivity index (χ3n) is 3.82. The summed E-state index contributed by atoms with van der Waals surface area (Å²) >= 11 is 0. The van der Waals surface area contributed by atoms with Gasteiger partial charge < -0.3 is 0 Å². The quantitative estimate of drug-likeness (QED) is 0.422. The van der Waals surface area contributed by atoms with Crippen LogP contribution in [0.4, 0.5) is 0 Å². The van der Waals surface area contributed by atoms with Gasteiger partial charge in [0.1, 0.15) is 0 Å². The van der Waals surface area contributed by atoms with Crippen LogP contribution in [-0.2, 0) is 0 Å². The molecule has 24 heavy (non-hydrogen) atoms. The van der Waals surface area contributed by atoms with Crippen LogP contribution in [0.1, 0.15) is 33.4 Å². The Hall–Kier alpha value is -2.34. The lowest BCUT2D eigenvalue weighted by Gasteiger charge is -1.93. The summed E-state index contributed by atoms with van der Waals surface area (Å²) in [6.45, 7) is 12.6. The molecule has 0 aliphatic carbocycles. The molecule has 0 saturated carbocycles. The molecule has 3 aromatic rings. The highest BCUT2D eigenvalue weighted by molar-refractivity contribution is 5.23. The van der Waals surface area contributed by atoms with Crippen LogP contribution >= 0.6 is 0 Å². The van der Waals surface area contributed by atoms with E-state index in [1.54, 1.807) is 0 Å². The van der Waals surface area contributed by atoms with Crippen molar-refractivity contribution in [3.8, 4) is 0 Å². The average molecular weight is 319 g/mol. The first kappa shape index (κ1) is 19.7. The van der Waals surface area contributed by atoms with Crippen LogP contribution in [0.2, 0.25) is 0 Å². The molecule has 0 amide bonds. The molecule has 0 nitrogen and oxygen atoms in total. The zero-order chi connectivity index (χ0) is 17.9. The number of hydrogen-bond acceptors (Lipinski definition) is 0. The fraction of sp³-hybridized carbons (Fsp3) is 0.250. The van der Waals surface area contributed by atoms with Gasteiger partial charge in [-0.1, -0.05) is 95.1 Å². The fourth-order valence-electron chi connectivity index (χ4n) is 2.11. The van der Waals surface area contributed by atoms with Crippen LogP contribution in [0.15, 0.2) is 72.8 Å². The predicted octanol–water partition coefficient (Wildman–Crippen LogP) is 6.91. The minimum Gasteiger partial charge on any atom is -0.0620 e. The molecule has 0 fully saturated rings. The topological polar surface area (TPSA) is 0 Å². The second kappa shape index (κ2) is 10.4. The third-order valence-corrected chi connectivity index (χ3v) is 3.82. The number of hydrogen-bond donors (Lipinski definition) is 0. The molecule has 0 spiro atoms. The Kier molecular flexibility index (Phi) is 8.57. The monoisotopic (exact) mass is 318 g/mol. The first-order valence-electron chi connectivity index (χ1n) is 8.47. The second-order valence-electron chi connectivity index (χ2n) is 6.40. The van der Waals surface area contributed by atoms with Gasteiger partial charge >= 0.3 is 0 Å².